The number of phosphoric ester groups is 2. The first-order valence-electron chi connectivity index (χ1n) is 35.5. The molecule has 0 aliphatic carbocycles. The largest absolute Gasteiger partial charge is 0.472 e. The van der Waals surface area contributed by atoms with Crippen LogP contribution in [-0.2, 0) is 65.4 Å². The van der Waals surface area contributed by atoms with Crippen LogP contribution >= 0.6 is 15.6 Å². The van der Waals surface area contributed by atoms with Crippen LogP contribution in [0.2, 0.25) is 0 Å². The third-order valence-corrected chi connectivity index (χ3v) is 16.4. The second-order valence-corrected chi connectivity index (χ2v) is 26.3. The van der Waals surface area contributed by atoms with Crippen molar-refractivity contribution in [1.82, 2.24) is 0 Å². The molecule has 0 fully saturated rings. The molecule has 0 amide bonds. The van der Waals surface area contributed by atoms with Crippen LogP contribution in [0, 0.1) is 0 Å². The summed E-state index contributed by atoms with van der Waals surface area (Å²) in [6.07, 6.45) is 65.7. The van der Waals surface area contributed by atoms with E-state index in [-0.39, 0.29) is 25.7 Å². The number of esters is 4. The van der Waals surface area contributed by atoms with E-state index in [9.17, 15) is 43.2 Å². The normalized spacial score (nSPS) is 14.6. The molecule has 0 aliphatic heterocycles. The molecule has 0 saturated carbocycles. The van der Waals surface area contributed by atoms with Crippen molar-refractivity contribution in [3.8, 4) is 0 Å². The molecule has 0 aliphatic rings. The maximum absolute atomic E-state index is 13.0. The summed E-state index contributed by atoms with van der Waals surface area (Å²) in [5.74, 6) is -2.25. The van der Waals surface area contributed by atoms with Gasteiger partial charge in [-0.2, -0.15) is 0 Å². The number of phosphoric acid groups is 2. The lowest BCUT2D eigenvalue weighted by Gasteiger charge is -2.21. The van der Waals surface area contributed by atoms with E-state index < -0.39 is 97.5 Å². The topological polar surface area (TPSA) is 237 Å². The highest BCUT2D eigenvalue weighted by Crippen LogP contribution is 2.45. The SMILES string of the molecule is CC/C=C\C/C=C\C/C=C\C/C=C\CCCCC(=O)OCC(COP(=O)(O)OCC(O)COP(=O)(O)OCC(COC(=O)CCCCCCC/C=C\C/C=C\C/C=C\CC)OC(=O)CCCCCCC/C=C\CCCC)OC(=O)CCCCCCCCCCCCC. The highest BCUT2D eigenvalue weighted by Gasteiger charge is 2.30. The number of aliphatic hydroxyl groups excluding tert-OH is 1. The zero-order valence-electron chi connectivity index (χ0n) is 57.4. The van der Waals surface area contributed by atoms with Gasteiger partial charge in [-0.05, 0) is 116 Å². The number of carbonyl (C=O) groups excluding carboxylic acids is 4. The molecule has 0 aromatic carbocycles. The Labute approximate surface area is 557 Å². The van der Waals surface area contributed by atoms with Gasteiger partial charge in [-0.1, -0.05) is 240 Å². The maximum atomic E-state index is 13.0. The Morgan fingerprint density at radius 2 is 0.576 bits per heavy atom. The fraction of sp³-hybridized carbons (Fsp3) is 0.726. The summed E-state index contributed by atoms with van der Waals surface area (Å²) in [5.41, 5.74) is 0. The molecule has 0 heterocycles. The van der Waals surface area contributed by atoms with Crippen molar-refractivity contribution in [2.24, 2.45) is 0 Å². The van der Waals surface area contributed by atoms with E-state index in [1.54, 1.807) is 0 Å². The molecule has 0 radical (unpaired) electrons. The van der Waals surface area contributed by atoms with Crippen LogP contribution in [-0.4, -0.2) is 96.7 Å². The summed E-state index contributed by atoms with van der Waals surface area (Å²) in [7, 11) is -9.95. The van der Waals surface area contributed by atoms with Gasteiger partial charge in [-0.15, -0.1) is 0 Å². The number of unbranched alkanes of at least 4 members (excludes halogenated alkanes) is 24. The maximum Gasteiger partial charge on any atom is 0.472 e. The lowest BCUT2D eigenvalue weighted by molar-refractivity contribution is -0.161. The molecule has 0 aromatic rings. The smallest absolute Gasteiger partial charge is 0.462 e. The molecule has 0 spiro atoms. The van der Waals surface area contributed by atoms with Gasteiger partial charge >= 0.3 is 39.5 Å². The number of aliphatic hydroxyl groups is 1. The summed E-state index contributed by atoms with van der Waals surface area (Å²) < 4.78 is 68.1. The molecule has 0 rings (SSSR count). The lowest BCUT2D eigenvalue weighted by Crippen LogP contribution is -2.30. The van der Waals surface area contributed by atoms with Crippen molar-refractivity contribution < 1.29 is 80.2 Å². The monoisotopic (exact) mass is 1340 g/mol. The van der Waals surface area contributed by atoms with Gasteiger partial charge in [0.2, 0.25) is 0 Å². The van der Waals surface area contributed by atoms with Crippen LogP contribution in [0.15, 0.2) is 97.2 Å². The predicted octanol–water partition coefficient (Wildman–Crippen LogP) is 19.7. The minimum Gasteiger partial charge on any atom is -0.462 e. The van der Waals surface area contributed by atoms with Gasteiger partial charge in [0.15, 0.2) is 12.2 Å². The van der Waals surface area contributed by atoms with Gasteiger partial charge < -0.3 is 33.8 Å². The van der Waals surface area contributed by atoms with E-state index in [1.165, 1.54) is 51.4 Å². The molecule has 3 N–H and O–H groups in total. The number of hydrogen-bond acceptors (Lipinski definition) is 15. The second kappa shape index (κ2) is 65.6. The number of carbonyl (C=O) groups is 4. The van der Waals surface area contributed by atoms with E-state index in [1.807, 2.05) is 0 Å². The molecule has 0 saturated heterocycles. The third kappa shape index (κ3) is 64.7. The van der Waals surface area contributed by atoms with Crippen LogP contribution in [0.4, 0.5) is 0 Å². The number of rotatable bonds is 66. The molecule has 0 aromatic heterocycles. The van der Waals surface area contributed by atoms with Crippen molar-refractivity contribution in [1.29, 1.82) is 0 Å². The quantitative estimate of drug-likeness (QED) is 0.0169. The van der Waals surface area contributed by atoms with Crippen molar-refractivity contribution in [2.75, 3.05) is 39.6 Å². The summed E-state index contributed by atoms with van der Waals surface area (Å²) in [4.78, 5) is 72.5. The summed E-state index contributed by atoms with van der Waals surface area (Å²) in [6.45, 7) is 4.51. The summed E-state index contributed by atoms with van der Waals surface area (Å²) >= 11 is 0. The Morgan fingerprint density at radius 3 is 0.935 bits per heavy atom. The average molecular weight is 1340 g/mol. The van der Waals surface area contributed by atoms with Gasteiger partial charge in [0.05, 0.1) is 26.4 Å². The van der Waals surface area contributed by atoms with Crippen LogP contribution in [0.5, 0.6) is 0 Å². The molecular weight excluding hydrogens is 1210 g/mol. The van der Waals surface area contributed by atoms with Gasteiger partial charge in [0.25, 0.3) is 0 Å². The molecule has 92 heavy (non-hydrogen) atoms. The lowest BCUT2D eigenvalue weighted by atomic mass is 10.1. The van der Waals surface area contributed by atoms with Crippen molar-refractivity contribution in [3.05, 3.63) is 97.2 Å². The van der Waals surface area contributed by atoms with Crippen LogP contribution in [0.3, 0.4) is 0 Å². The third-order valence-electron chi connectivity index (χ3n) is 14.5. The van der Waals surface area contributed by atoms with E-state index >= 15 is 0 Å². The van der Waals surface area contributed by atoms with Gasteiger partial charge in [0.1, 0.15) is 19.3 Å². The molecular formula is C73H126O17P2. The van der Waals surface area contributed by atoms with Gasteiger partial charge in [-0.3, -0.25) is 37.3 Å². The van der Waals surface area contributed by atoms with Crippen LogP contribution < -0.4 is 0 Å². The van der Waals surface area contributed by atoms with E-state index in [0.717, 1.165) is 154 Å². The zero-order chi connectivity index (χ0) is 67.5. The van der Waals surface area contributed by atoms with E-state index in [4.69, 9.17) is 37.0 Å². The second-order valence-electron chi connectivity index (χ2n) is 23.4. The Hall–Kier alpha value is -4.02. The molecule has 530 valence electrons. The van der Waals surface area contributed by atoms with Crippen molar-refractivity contribution in [3.63, 3.8) is 0 Å². The van der Waals surface area contributed by atoms with Crippen molar-refractivity contribution >= 4 is 39.5 Å². The number of hydrogen-bond donors (Lipinski definition) is 3. The fourth-order valence-electron chi connectivity index (χ4n) is 9.15. The zero-order valence-corrected chi connectivity index (χ0v) is 59.2. The molecule has 0 bridgehead atoms. The summed E-state index contributed by atoms with van der Waals surface area (Å²) in [5, 5.41) is 10.6. The van der Waals surface area contributed by atoms with Crippen molar-refractivity contribution in [2.45, 2.75) is 303 Å². The summed E-state index contributed by atoms with van der Waals surface area (Å²) in [6, 6.07) is 0. The average Bonchev–Trinajstić information content (AvgIpc) is 2.55. The van der Waals surface area contributed by atoms with Gasteiger partial charge in [0, 0.05) is 25.7 Å². The molecule has 17 nitrogen and oxygen atoms in total. The van der Waals surface area contributed by atoms with E-state index in [0.29, 0.717) is 25.7 Å². The fourth-order valence-corrected chi connectivity index (χ4v) is 10.7. The highest BCUT2D eigenvalue weighted by atomic mass is 31.2. The highest BCUT2D eigenvalue weighted by molar-refractivity contribution is 7.47. The number of ether oxygens (including phenoxy) is 4. The first-order valence-corrected chi connectivity index (χ1v) is 38.5. The Morgan fingerprint density at radius 1 is 0.315 bits per heavy atom. The first-order chi connectivity index (χ1) is 44.7. The molecule has 19 heteroatoms. The Bertz CT molecular complexity index is 2130. The minimum atomic E-state index is -4.97. The molecule has 5 unspecified atom stereocenters. The molecule has 5 atom stereocenters. The first kappa shape index (κ1) is 88.0. The minimum absolute atomic E-state index is 0.0798. The van der Waals surface area contributed by atoms with E-state index in [2.05, 4.69) is 125 Å². The van der Waals surface area contributed by atoms with Crippen LogP contribution in [0.1, 0.15) is 285 Å². The number of allylic oxidation sites excluding steroid dienone is 16. The van der Waals surface area contributed by atoms with Crippen LogP contribution in [0.25, 0.3) is 0 Å². The standard InChI is InChI=1S/C73H126O17P2/c1-5-9-13-17-21-25-29-31-33-35-39-41-45-49-53-57-70(75)83-63-68(89-72(77)59-55-51-47-43-37-27-23-19-15-11-7-3)65-87-91(79,80)85-61-67(74)62-86-92(81,82)88-66-69(90-73(78)60-56-52-48-44-38-28-24-20-16-12-8-4)64-84-71(76)58-54-50-46-42-40-36-34-32-30-26-22-18-14-10-6-2/h9-10,13-14,19,21-23,25-26,31-34,40,42,67-69,74H,5-8,11-12,15-18,20,24,27-30,35-39,41,43-66H2,1-4H3,(H,79,80)(H,81,82)/b13-9-,14-10-,23-19-,25-21-,26-22-,33-31-,34-32-,42-40-. The van der Waals surface area contributed by atoms with Gasteiger partial charge in [-0.25, -0.2) is 9.13 Å². The predicted molar refractivity (Wildman–Crippen MR) is 372 cm³/mol. The Kier molecular flexibility index (Phi) is 62.8. The Balaban J connectivity index is 5.34.